The second-order valence-corrected chi connectivity index (χ2v) is 4.58. The van der Waals surface area contributed by atoms with E-state index in [0.717, 1.165) is 4.90 Å². The van der Waals surface area contributed by atoms with Crippen LogP contribution in [-0.4, -0.2) is 65.0 Å². The van der Waals surface area contributed by atoms with Crippen LogP contribution in [0.2, 0.25) is 0 Å². The molecule has 0 aromatic rings. The molecule has 6 nitrogen and oxygen atoms in total. The van der Waals surface area contributed by atoms with Crippen LogP contribution in [0.5, 0.6) is 0 Å². The number of carboxylic acids is 1. The fraction of sp³-hybridized carbons (Fsp3) is 0.583. The van der Waals surface area contributed by atoms with E-state index in [1.807, 2.05) is 0 Å². The SMILES string of the molecule is C#CCN(CC(=O)O)C(=O)C1CC(=O)N(CC(F)(F)F)C1. The maximum atomic E-state index is 12.3. The predicted octanol–water partition coefficient (Wildman–Crippen LogP) is -0.0564. The van der Waals surface area contributed by atoms with Crippen LogP contribution < -0.4 is 0 Å². The molecule has 1 fully saturated rings. The number of halogens is 3. The third-order valence-corrected chi connectivity index (χ3v) is 2.85. The number of carbonyl (C=O) groups is 3. The summed E-state index contributed by atoms with van der Waals surface area (Å²) < 4.78 is 36.8. The molecule has 0 aromatic heterocycles. The van der Waals surface area contributed by atoms with Gasteiger partial charge in [0, 0.05) is 13.0 Å². The molecule has 0 aliphatic carbocycles. The number of hydrogen-bond acceptors (Lipinski definition) is 3. The van der Waals surface area contributed by atoms with Crippen LogP contribution in [0, 0.1) is 18.3 Å². The Bertz CT molecular complexity index is 484. The van der Waals surface area contributed by atoms with Crippen LogP contribution >= 0.6 is 0 Å². The zero-order valence-corrected chi connectivity index (χ0v) is 10.9. The predicted molar refractivity (Wildman–Crippen MR) is 63.8 cm³/mol. The third kappa shape index (κ3) is 4.98. The fourth-order valence-corrected chi connectivity index (χ4v) is 2.05. The molecule has 1 aliphatic rings. The minimum atomic E-state index is -4.55. The summed E-state index contributed by atoms with van der Waals surface area (Å²) in [5.74, 6) is -1.72. The van der Waals surface area contributed by atoms with Crippen molar-refractivity contribution in [3.63, 3.8) is 0 Å². The van der Waals surface area contributed by atoms with Crippen LogP contribution in [0.3, 0.4) is 0 Å². The first kappa shape index (κ1) is 16.8. The zero-order valence-electron chi connectivity index (χ0n) is 10.9. The van der Waals surface area contributed by atoms with E-state index < -0.39 is 49.5 Å². The fourth-order valence-electron chi connectivity index (χ4n) is 2.05. The lowest BCUT2D eigenvalue weighted by Gasteiger charge is -2.22. The maximum Gasteiger partial charge on any atom is 0.406 e. The Morgan fingerprint density at radius 2 is 2.10 bits per heavy atom. The lowest BCUT2D eigenvalue weighted by Crippen LogP contribution is -2.41. The smallest absolute Gasteiger partial charge is 0.406 e. The van der Waals surface area contributed by atoms with E-state index >= 15 is 0 Å². The Labute approximate surface area is 118 Å². The Morgan fingerprint density at radius 3 is 2.57 bits per heavy atom. The topological polar surface area (TPSA) is 77.9 Å². The van der Waals surface area contributed by atoms with Crippen molar-refractivity contribution in [2.75, 3.05) is 26.2 Å². The number of rotatable bonds is 5. The average molecular weight is 306 g/mol. The molecule has 0 aromatic carbocycles. The molecule has 1 heterocycles. The lowest BCUT2D eigenvalue weighted by atomic mass is 10.1. The van der Waals surface area contributed by atoms with Crippen molar-refractivity contribution in [3.05, 3.63) is 0 Å². The first-order chi connectivity index (χ1) is 9.64. The van der Waals surface area contributed by atoms with E-state index in [-0.39, 0.29) is 13.0 Å². The number of amides is 2. The molecular weight excluding hydrogens is 293 g/mol. The second-order valence-electron chi connectivity index (χ2n) is 4.58. The molecule has 1 N–H and O–H groups in total. The van der Waals surface area contributed by atoms with Crippen molar-refractivity contribution >= 4 is 17.8 Å². The summed E-state index contributed by atoms with van der Waals surface area (Å²) in [4.78, 5) is 35.5. The second kappa shape index (κ2) is 6.47. The van der Waals surface area contributed by atoms with Gasteiger partial charge in [-0.25, -0.2) is 0 Å². The maximum absolute atomic E-state index is 12.3. The number of alkyl halides is 3. The molecule has 1 rings (SSSR count). The summed E-state index contributed by atoms with van der Waals surface area (Å²) in [7, 11) is 0. The molecule has 116 valence electrons. The Kier molecular flexibility index (Phi) is 5.18. The molecule has 1 saturated heterocycles. The quantitative estimate of drug-likeness (QED) is 0.722. The number of hydrogen-bond donors (Lipinski definition) is 1. The van der Waals surface area contributed by atoms with Gasteiger partial charge < -0.3 is 14.9 Å². The van der Waals surface area contributed by atoms with Gasteiger partial charge in [-0.3, -0.25) is 14.4 Å². The van der Waals surface area contributed by atoms with Gasteiger partial charge in [-0.1, -0.05) is 5.92 Å². The van der Waals surface area contributed by atoms with E-state index in [4.69, 9.17) is 11.5 Å². The first-order valence-electron chi connectivity index (χ1n) is 5.92. The molecular formula is C12H13F3N2O4. The summed E-state index contributed by atoms with van der Waals surface area (Å²) >= 11 is 0. The van der Waals surface area contributed by atoms with Crippen molar-refractivity contribution in [2.45, 2.75) is 12.6 Å². The molecule has 9 heteroatoms. The highest BCUT2D eigenvalue weighted by atomic mass is 19.4. The van der Waals surface area contributed by atoms with E-state index in [9.17, 15) is 27.6 Å². The van der Waals surface area contributed by atoms with Gasteiger partial charge in [0.1, 0.15) is 13.1 Å². The monoisotopic (exact) mass is 306 g/mol. The Balaban J connectivity index is 2.73. The van der Waals surface area contributed by atoms with Crippen molar-refractivity contribution in [2.24, 2.45) is 5.92 Å². The van der Waals surface area contributed by atoms with Crippen LogP contribution in [-0.2, 0) is 14.4 Å². The molecule has 1 atom stereocenters. The highest BCUT2D eigenvalue weighted by Gasteiger charge is 2.41. The first-order valence-corrected chi connectivity index (χ1v) is 5.92. The van der Waals surface area contributed by atoms with Gasteiger partial charge in [-0.2, -0.15) is 13.2 Å². The molecule has 1 aliphatic heterocycles. The largest absolute Gasteiger partial charge is 0.480 e. The summed E-state index contributed by atoms with van der Waals surface area (Å²) in [5, 5.41) is 8.67. The average Bonchev–Trinajstić information content (AvgIpc) is 2.66. The van der Waals surface area contributed by atoms with E-state index in [1.165, 1.54) is 0 Å². The van der Waals surface area contributed by atoms with E-state index in [0.29, 0.717) is 4.90 Å². The number of carbonyl (C=O) groups excluding carboxylic acids is 2. The summed E-state index contributed by atoms with van der Waals surface area (Å²) in [5.41, 5.74) is 0. The van der Waals surface area contributed by atoms with Gasteiger partial charge in [0.25, 0.3) is 0 Å². The van der Waals surface area contributed by atoms with Crippen LogP contribution in [0.1, 0.15) is 6.42 Å². The van der Waals surface area contributed by atoms with Crippen molar-refractivity contribution in [3.8, 4) is 12.3 Å². The van der Waals surface area contributed by atoms with Crippen LogP contribution in [0.15, 0.2) is 0 Å². The van der Waals surface area contributed by atoms with Crippen molar-refractivity contribution in [1.82, 2.24) is 9.80 Å². The minimum absolute atomic E-state index is 0.283. The number of likely N-dealkylation sites (tertiary alicyclic amines) is 1. The Hall–Kier alpha value is -2.24. The van der Waals surface area contributed by atoms with Gasteiger partial charge in [0.2, 0.25) is 11.8 Å². The molecule has 1 unspecified atom stereocenters. The van der Waals surface area contributed by atoms with Crippen molar-refractivity contribution in [1.29, 1.82) is 0 Å². The molecule has 0 radical (unpaired) electrons. The summed E-state index contributed by atoms with van der Waals surface area (Å²) in [6.45, 7) is -2.76. The molecule has 2 amide bonds. The van der Waals surface area contributed by atoms with E-state index in [2.05, 4.69) is 5.92 Å². The normalized spacial score (nSPS) is 18.5. The van der Waals surface area contributed by atoms with Gasteiger partial charge in [-0.05, 0) is 0 Å². The van der Waals surface area contributed by atoms with Crippen LogP contribution in [0.4, 0.5) is 13.2 Å². The van der Waals surface area contributed by atoms with Gasteiger partial charge in [0.05, 0.1) is 12.5 Å². The number of nitrogens with zero attached hydrogens (tertiary/aromatic N) is 2. The lowest BCUT2D eigenvalue weighted by molar-refractivity contribution is -0.157. The number of terminal acetylenes is 1. The van der Waals surface area contributed by atoms with Crippen LogP contribution in [0.25, 0.3) is 0 Å². The van der Waals surface area contributed by atoms with Crippen molar-refractivity contribution < 1.29 is 32.7 Å². The highest BCUT2D eigenvalue weighted by Crippen LogP contribution is 2.25. The van der Waals surface area contributed by atoms with Gasteiger partial charge in [0.15, 0.2) is 0 Å². The summed E-state index contributed by atoms with van der Waals surface area (Å²) in [6, 6.07) is 0. The zero-order chi connectivity index (χ0) is 16.2. The van der Waals surface area contributed by atoms with E-state index in [1.54, 1.807) is 0 Å². The number of carboxylic acid groups (broad SMARTS) is 1. The molecule has 0 bridgehead atoms. The highest BCUT2D eigenvalue weighted by molar-refractivity contribution is 5.90. The summed E-state index contributed by atoms with van der Waals surface area (Å²) in [6.07, 6.45) is 0.0887. The molecule has 21 heavy (non-hydrogen) atoms. The Morgan fingerprint density at radius 1 is 1.48 bits per heavy atom. The molecule has 0 spiro atoms. The standard InChI is InChI=1S/C12H13F3N2O4/c1-2-3-16(6-10(19)20)11(21)8-4-9(18)17(5-8)7-12(13,14)15/h1,8H,3-7H2,(H,19,20). The minimum Gasteiger partial charge on any atom is -0.480 e. The third-order valence-electron chi connectivity index (χ3n) is 2.85. The van der Waals surface area contributed by atoms with Gasteiger partial charge >= 0.3 is 12.1 Å². The molecule has 0 saturated carbocycles. The number of aliphatic carboxylic acids is 1. The van der Waals surface area contributed by atoms with Gasteiger partial charge in [-0.15, -0.1) is 6.42 Å².